The van der Waals surface area contributed by atoms with Gasteiger partial charge in [0.15, 0.2) is 4.67 Å². The van der Waals surface area contributed by atoms with Crippen molar-refractivity contribution in [3.8, 4) is 0 Å². The Kier molecular flexibility index (Phi) is 4.01. The lowest BCUT2D eigenvalue weighted by Gasteiger charge is -2.13. The van der Waals surface area contributed by atoms with E-state index in [0.29, 0.717) is 6.54 Å². The quantitative estimate of drug-likeness (QED) is 0.891. The van der Waals surface area contributed by atoms with Crippen molar-refractivity contribution < 1.29 is 9.21 Å². The summed E-state index contributed by atoms with van der Waals surface area (Å²) in [4.78, 5) is 11.6. The minimum Gasteiger partial charge on any atom is -0.453 e. The predicted molar refractivity (Wildman–Crippen MR) is 63.9 cm³/mol. The predicted octanol–water partition coefficient (Wildman–Crippen LogP) is 1.80. The molecule has 0 aliphatic carbocycles. The normalized spacial score (nSPS) is 21.6. The third-order valence-corrected chi connectivity index (χ3v) is 3.11. The number of carbonyl (C=O) groups is 1. The first kappa shape index (κ1) is 11.7. The fourth-order valence-corrected chi connectivity index (χ4v) is 2.14. The van der Waals surface area contributed by atoms with Crippen molar-refractivity contribution in [1.82, 2.24) is 10.6 Å². The van der Waals surface area contributed by atoms with Crippen LogP contribution in [0.3, 0.4) is 0 Å². The van der Waals surface area contributed by atoms with Crippen molar-refractivity contribution >= 4 is 21.8 Å². The van der Waals surface area contributed by atoms with E-state index in [9.17, 15) is 4.79 Å². The van der Waals surface area contributed by atoms with E-state index in [1.54, 1.807) is 0 Å². The van der Waals surface area contributed by atoms with Gasteiger partial charge in [-0.1, -0.05) is 0 Å². The summed E-state index contributed by atoms with van der Waals surface area (Å²) in [5, 5.41) is 6.11. The standard InChI is InChI=1S/C11H15BrN2O2/c12-10-5-4-8(16-10)7-14-9-3-1-2-6-13-11(9)15/h4-5,9,14H,1-3,6-7H2,(H,13,15). The van der Waals surface area contributed by atoms with Gasteiger partial charge in [-0.05, 0) is 47.3 Å². The minimum atomic E-state index is -0.0913. The SMILES string of the molecule is O=C1NCCCCC1NCc1ccc(Br)o1. The summed E-state index contributed by atoms with van der Waals surface area (Å²) >= 11 is 3.25. The Morgan fingerprint density at radius 2 is 2.38 bits per heavy atom. The van der Waals surface area contributed by atoms with E-state index in [0.717, 1.165) is 36.2 Å². The van der Waals surface area contributed by atoms with E-state index >= 15 is 0 Å². The molecule has 88 valence electrons. The molecular weight excluding hydrogens is 272 g/mol. The summed E-state index contributed by atoms with van der Waals surface area (Å²) in [6.45, 7) is 1.38. The van der Waals surface area contributed by atoms with Crippen LogP contribution >= 0.6 is 15.9 Å². The van der Waals surface area contributed by atoms with Gasteiger partial charge < -0.3 is 9.73 Å². The number of hydrogen-bond donors (Lipinski definition) is 2. The van der Waals surface area contributed by atoms with Gasteiger partial charge >= 0.3 is 0 Å². The second-order valence-corrected chi connectivity index (χ2v) is 4.71. The summed E-state index contributed by atoms with van der Waals surface area (Å²) in [7, 11) is 0. The molecule has 1 atom stereocenters. The number of halogens is 1. The molecule has 1 unspecified atom stereocenters. The largest absolute Gasteiger partial charge is 0.453 e. The van der Waals surface area contributed by atoms with Crippen LogP contribution < -0.4 is 10.6 Å². The van der Waals surface area contributed by atoms with Crippen LogP contribution in [0, 0.1) is 0 Å². The van der Waals surface area contributed by atoms with E-state index in [-0.39, 0.29) is 11.9 Å². The van der Waals surface area contributed by atoms with Gasteiger partial charge in [0.25, 0.3) is 0 Å². The Morgan fingerprint density at radius 3 is 3.12 bits per heavy atom. The molecular formula is C11H15BrN2O2. The summed E-state index contributed by atoms with van der Waals surface area (Å²) in [5.74, 6) is 0.937. The molecule has 0 bridgehead atoms. The van der Waals surface area contributed by atoms with Crippen LogP contribution in [0.5, 0.6) is 0 Å². The topological polar surface area (TPSA) is 54.3 Å². The van der Waals surface area contributed by atoms with Gasteiger partial charge in [-0.15, -0.1) is 0 Å². The maximum atomic E-state index is 11.6. The number of rotatable bonds is 3. The highest BCUT2D eigenvalue weighted by molar-refractivity contribution is 9.10. The molecule has 2 heterocycles. The summed E-state index contributed by atoms with van der Waals surface area (Å²) in [6, 6.07) is 3.65. The monoisotopic (exact) mass is 286 g/mol. The summed E-state index contributed by atoms with van der Waals surface area (Å²) < 4.78 is 6.08. The zero-order valence-corrected chi connectivity index (χ0v) is 10.5. The van der Waals surface area contributed by atoms with Crippen LogP contribution in [0.1, 0.15) is 25.0 Å². The fraction of sp³-hybridized carbons (Fsp3) is 0.545. The lowest BCUT2D eigenvalue weighted by atomic mass is 10.1. The highest BCUT2D eigenvalue weighted by Gasteiger charge is 2.19. The molecule has 0 saturated carbocycles. The Hall–Kier alpha value is -0.810. The van der Waals surface area contributed by atoms with Crippen molar-refractivity contribution in [3.63, 3.8) is 0 Å². The molecule has 1 aliphatic heterocycles. The van der Waals surface area contributed by atoms with E-state index in [2.05, 4.69) is 26.6 Å². The molecule has 1 aliphatic rings. The molecule has 2 N–H and O–H groups in total. The Bertz CT molecular complexity index is 365. The summed E-state index contributed by atoms with van der Waals surface area (Å²) in [5.41, 5.74) is 0. The zero-order chi connectivity index (χ0) is 11.4. The third kappa shape index (κ3) is 3.09. The molecule has 1 amide bonds. The first-order chi connectivity index (χ1) is 7.75. The molecule has 1 aromatic heterocycles. The highest BCUT2D eigenvalue weighted by Crippen LogP contribution is 2.14. The molecule has 16 heavy (non-hydrogen) atoms. The van der Waals surface area contributed by atoms with Crippen molar-refractivity contribution in [2.45, 2.75) is 31.8 Å². The van der Waals surface area contributed by atoms with Crippen molar-refractivity contribution in [2.75, 3.05) is 6.54 Å². The van der Waals surface area contributed by atoms with Crippen LogP contribution in [0.4, 0.5) is 0 Å². The Labute approximate surface area is 103 Å². The first-order valence-corrected chi connectivity index (χ1v) is 6.30. The number of nitrogens with one attached hydrogen (secondary N) is 2. The van der Waals surface area contributed by atoms with Crippen LogP contribution in [0.15, 0.2) is 21.2 Å². The first-order valence-electron chi connectivity index (χ1n) is 5.51. The lowest BCUT2D eigenvalue weighted by Crippen LogP contribution is -2.42. The second kappa shape index (κ2) is 5.50. The number of carbonyl (C=O) groups excluding carboxylic acids is 1. The third-order valence-electron chi connectivity index (χ3n) is 2.69. The molecule has 5 heteroatoms. The van der Waals surface area contributed by atoms with E-state index < -0.39 is 0 Å². The Balaban J connectivity index is 1.86. The smallest absolute Gasteiger partial charge is 0.237 e. The van der Waals surface area contributed by atoms with Gasteiger partial charge in [-0.25, -0.2) is 0 Å². The van der Waals surface area contributed by atoms with Crippen molar-refractivity contribution in [3.05, 3.63) is 22.6 Å². The molecule has 1 fully saturated rings. The second-order valence-electron chi connectivity index (χ2n) is 3.93. The molecule has 1 aromatic rings. The molecule has 0 spiro atoms. The molecule has 0 radical (unpaired) electrons. The lowest BCUT2D eigenvalue weighted by molar-refractivity contribution is -0.122. The van der Waals surface area contributed by atoms with Crippen molar-refractivity contribution in [2.24, 2.45) is 0 Å². The summed E-state index contributed by atoms with van der Waals surface area (Å²) in [6.07, 6.45) is 3.04. The molecule has 1 saturated heterocycles. The van der Waals surface area contributed by atoms with E-state index in [4.69, 9.17) is 4.42 Å². The average Bonchev–Trinajstić information content (AvgIpc) is 2.56. The average molecular weight is 287 g/mol. The van der Waals surface area contributed by atoms with Crippen molar-refractivity contribution in [1.29, 1.82) is 0 Å². The maximum Gasteiger partial charge on any atom is 0.237 e. The van der Waals surface area contributed by atoms with Gasteiger partial charge in [-0.3, -0.25) is 10.1 Å². The van der Waals surface area contributed by atoms with Gasteiger partial charge in [0.1, 0.15) is 5.76 Å². The van der Waals surface area contributed by atoms with Gasteiger partial charge in [0.05, 0.1) is 12.6 Å². The molecule has 0 aromatic carbocycles. The van der Waals surface area contributed by atoms with Gasteiger partial charge in [0, 0.05) is 6.54 Å². The van der Waals surface area contributed by atoms with E-state index in [1.165, 1.54) is 0 Å². The van der Waals surface area contributed by atoms with Crippen LogP contribution in [-0.2, 0) is 11.3 Å². The maximum absolute atomic E-state index is 11.6. The number of hydrogen-bond acceptors (Lipinski definition) is 3. The van der Waals surface area contributed by atoms with Crippen LogP contribution in [-0.4, -0.2) is 18.5 Å². The van der Waals surface area contributed by atoms with E-state index in [1.807, 2.05) is 12.1 Å². The van der Waals surface area contributed by atoms with Crippen LogP contribution in [0.2, 0.25) is 0 Å². The number of amides is 1. The fourth-order valence-electron chi connectivity index (χ4n) is 1.80. The zero-order valence-electron chi connectivity index (χ0n) is 8.96. The van der Waals surface area contributed by atoms with Crippen LogP contribution in [0.25, 0.3) is 0 Å². The highest BCUT2D eigenvalue weighted by atomic mass is 79.9. The number of furan rings is 1. The molecule has 4 nitrogen and oxygen atoms in total. The molecule has 2 rings (SSSR count). The Morgan fingerprint density at radius 1 is 1.50 bits per heavy atom. The van der Waals surface area contributed by atoms with Gasteiger partial charge in [-0.2, -0.15) is 0 Å². The van der Waals surface area contributed by atoms with Gasteiger partial charge in [0.2, 0.25) is 5.91 Å². The minimum absolute atomic E-state index is 0.0913.